The van der Waals surface area contributed by atoms with Crippen LogP contribution < -0.4 is 5.32 Å². The van der Waals surface area contributed by atoms with Gasteiger partial charge >= 0.3 is 0 Å². The van der Waals surface area contributed by atoms with Gasteiger partial charge < -0.3 is 9.80 Å². The zero-order chi connectivity index (χ0) is 14.7. The predicted octanol–water partition coefficient (Wildman–Crippen LogP) is 2.22. The van der Waals surface area contributed by atoms with Crippen LogP contribution in [0.5, 0.6) is 0 Å². The molecule has 1 aliphatic heterocycles. The molecule has 0 spiro atoms. The smallest absolute Gasteiger partial charge is 0.241 e. The number of amides is 1. The van der Waals surface area contributed by atoms with Gasteiger partial charge in [0.15, 0.2) is 0 Å². The van der Waals surface area contributed by atoms with Gasteiger partial charge in [-0.2, -0.15) is 0 Å². The molecular weight excluding hydrogens is 270 g/mol. The topological polar surface area (TPSA) is 35.6 Å². The van der Waals surface area contributed by atoms with Gasteiger partial charge in [-0.3, -0.25) is 10.1 Å². The van der Waals surface area contributed by atoms with Crippen LogP contribution in [0.1, 0.15) is 36.2 Å². The van der Waals surface area contributed by atoms with Crippen LogP contribution in [0.4, 0.5) is 0 Å². The molecule has 1 aromatic heterocycles. The van der Waals surface area contributed by atoms with E-state index in [0.717, 1.165) is 26.1 Å². The van der Waals surface area contributed by atoms with Crippen molar-refractivity contribution >= 4 is 17.2 Å². The first-order valence-electron chi connectivity index (χ1n) is 7.38. The second-order valence-electron chi connectivity index (χ2n) is 5.41. The Balaban J connectivity index is 2.12. The lowest BCUT2D eigenvalue weighted by Gasteiger charge is -2.25. The first-order valence-corrected chi connectivity index (χ1v) is 8.19. The maximum Gasteiger partial charge on any atom is 0.241 e. The zero-order valence-electron chi connectivity index (χ0n) is 12.8. The van der Waals surface area contributed by atoms with E-state index in [2.05, 4.69) is 50.2 Å². The van der Waals surface area contributed by atoms with E-state index >= 15 is 0 Å². The summed E-state index contributed by atoms with van der Waals surface area (Å²) in [5.41, 5.74) is 0. The molecule has 20 heavy (non-hydrogen) atoms. The number of carbonyl (C=O) groups excluding carboxylic acids is 1. The van der Waals surface area contributed by atoms with Crippen molar-refractivity contribution in [3.05, 3.63) is 21.9 Å². The highest BCUT2D eigenvalue weighted by Gasteiger charge is 2.38. The first kappa shape index (κ1) is 15.5. The van der Waals surface area contributed by atoms with Crippen molar-refractivity contribution < 1.29 is 4.79 Å². The third-order valence-electron chi connectivity index (χ3n) is 3.95. The van der Waals surface area contributed by atoms with Crippen molar-refractivity contribution in [1.82, 2.24) is 15.1 Å². The molecule has 2 atom stereocenters. The number of hydrogen-bond acceptors (Lipinski definition) is 4. The molecule has 2 unspecified atom stereocenters. The molecule has 4 nitrogen and oxygen atoms in total. The summed E-state index contributed by atoms with van der Waals surface area (Å²) < 4.78 is 0. The number of hydrogen-bond donors (Lipinski definition) is 1. The molecule has 112 valence electrons. The molecule has 1 aliphatic rings. The maximum absolute atomic E-state index is 12.5. The van der Waals surface area contributed by atoms with Gasteiger partial charge in [0.2, 0.25) is 5.91 Å². The van der Waals surface area contributed by atoms with Gasteiger partial charge in [0, 0.05) is 22.8 Å². The Bertz CT molecular complexity index is 460. The molecule has 0 bridgehead atoms. The largest absolute Gasteiger partial charge is 0.319 e. The summed E-state index contributed by atoms with van der Waals surface area (Å²) in [4.78, 5) is 19.3. The second kappa shape index (κ2) is 6.70. The van der Waals surface area contributed by atoms with E-state index in [9.17, 15) is 4.79 Å². The van der Waals surface area contributed by atoms with Crippen LogP contribution in [0, 0.1) is 6.92 Å². The van der Waals surface area contributed by atoms with Crippen molar-refractivity contribution in [3.8, 4) is 0 Å². The van der Waals surface area contributed by atoms with Crippen molar-refractivity contribution in [2.45, 2.75) is 39.4 Å². The van der Waals surface area contributed by atoms with E-state index in [1.807, 2.05) is 4.90 Å². The van der Waals surface area contributed by atoms with E-state index in [4.69, 9.17) is 0 Å². The SMILES string of the molecule is CCC1NC(c2ccc(C)s2)N(CCN(C)CC)C1=O. The van der Waals surface area contributed by atoms with Crippen LogP contribution in [0.25, 0.3) is 0 Å². The molecular formula is C15H25N3OS. The van der Waals surface area contributed by atoms with E-state index in [-0.39, 0.29) is 18.1 Å². The normalized spacial score (nSPS) is 23.1. The van der Waals surface area contributed by atoms with Gasteiger partial charge in [0.25, 0.3) is 0 Å². The van der Waals surface area contributed by atoms with Crippen LogP contribution in [0.3, 0.4) is 0 Å². The quantitative estimate of drug-likeness (QED) is 0.874. The Kier molecular flexibility index (Phi) is 5.18. The van der Waals surface area contributed by atoms with Crippen molar-refractivity contribution in [2.75, 3.05) is 26.7 Å². The van der Waals surface area contributed by atoms with E-state index < -0.39 is 0 Å². The Labute approximate surface area is 125 Å². The summed E-state index contributed by atoms with van der Waals surface area (Å²) in [6, 6.07) is 4.23. The average Bonchev–Trinajstić information content (AvgIpc) is 3.00. The van der Waals surface area contributed by atoms with E-state index in [1.165, 1.54) is 9.75 Å². The molecule has 0 aliphatic carbocycles. The maximum atomic E-state index is 12.5. The molecule has 0 radical (unpaired) electrons. The lowest BCUT2D eigenvalue weighted by atomic mass is 10.2. The summed E-state index contributed by atoms with van der Waals surface area (Å²) in [6.45, 7) is 9.02. The van der Waals surface area contributed by atoms with Gasteiger partial charge in [0.05, 0.1) is 6.04 Å². The van der Waals surface area contributed by atoms with Crippen LogP contribution in [-0.4, -0.2) is 48.4 Å². The fraction of sp³-hybridized carbons (Fsp3) is 0.667. The van der Waals surface area contributed by atoms with Gasteiger partial charge in [0.1, 0.15) is 6.17 Å². The van der Waals surface area contributed by atoms with Crippen molar-refractivity contribution in [2.24, 2.45) is 0 Å². The minimum atomic E-state index is -0.0330. The van der Waals surface area contributed by atoms with Gasteiger partial charge in [-0.25, -0.2) is 0 Å². The molecule has 2 heterocycles. The Morgan fingerprint density at radius 2 is 2.15 bits per heavy atom. The predicted molar refractivity (Wildman–Crippen MR) is 83.9 cm³/mol. The lowest BCUT2D eigenvalue weighted by Crippen LogP contribution is -2.37. The molecule has 1 N–H and O–H groups in total. The van der Waals surface area contributed by atoms with Gasteiger partial charge in [-0.1, -0.05) is 13.8 Å². The molecule has 1 fully saturated rings. The van der Waals surface area contributed by atoms with Crippen molar-refractivity contribution in [1.29, 1.82) is 0 Å². The fourth-order valence-corrected chi connectivity index (χ4v) is 3.43. The number of likely N-dealkylation sites (N-methyl/N-ethyl adjacent to an activating group) is 1. The van der Waals surface area contributed by atoms with Crippen LogP contribution in [0.2, 0.25) is 0 Å². The highest BCUT2D eigenvalue weighted by molar-refractivity contribution is 7.12. The summed E-state index contributed by atoms with van der Waals surface area (Å²) in [7, 11) is 2.09. The standard InChI is InChI=1S/C15H25N3OS/c1-5-12-15(19)18(10-9-17(4)6-2)14(16-12)13-8-7-11(3)20-13/h7-8,12,14,16H,5-6,9-10H2,1-4H3. The van der Waals surface area contributed by atoms with E-state index in [1.54, 1.807) is 11.3 Å². The summed E-state index contributed by atoms with van der Waals surface area (Å²) in [5, 5.41) is 3.48. The number of thiophene rings is 1. The number of carbonyl (C=O) groups is 1. The minimum absolute atomic E-state index is 0.0330. The minimum Gasteiger partial charge on any atom is -0.319 e. The molecule has 1 saturated heterocycles. The summed E-state index contributed by atoms with van der Waals surface area (Å²) in [6.07, 6.45) is 0.899. The zero-order valence-corrected chi connectivity index (χ0v) is 13.7. The highest BCUT2D eigenvalue weighted by Crippen LogP contribution is 2.30. The molecule has 2 rings (SSSR count). The number of nitrogens with one attached hydrogen (secondary N) is 1. The number of rotatable bonds is 6. The monoisotopic (exact) mass is 295 g/mol. The number of nitrogens with zero attached hydrogens (tertiary/aromatic N) is 2. The fourth-order valence-electron chi connectivity index (χ4n) is 2.48. The first-order chi connectivity index (χ1) is 9.56. The summed E-state index contributed by atoms with van der Waals surface area (Å²) in [5.74, 6) is 0.244. The second-order valence-corrected chi connectivity index (χ2v) is 6.73. The summed E-state index contributed by atoms with van der Waals surface area (Å²) >= 11 is 1.77. The van der Waals surface area contributed by atoms with Gasteiger partial charge in [-0.05, 0) is 39.1 Å². The third kappa shape index (κ3) is 3.22. The number of aryl methyl sites for hydroxylation is 1. The highest BCUT2D eigenvalue weighted by atomic mass is 32.1. The third-order valence-corrected chi connectivity index (χ3v) is 5.01. The average molecular weight is 295 g/mol. The Morgan fingerprint density at radius 3 is 2.70 bits per heavy atom. The molecule has 5 heteroatoms. The van der Waals surface area contributed by atoms with Crippen LogP contribution in [-0.2, 0) is 4.79 Å². The molecule has 0 saturated carbocycles. The Morgan fingerprint density at radius 1 is 1.40 bits per heavy atom. The molecule has 0 aromatic carbocycles. The van der Waals surface area contributed by atoms with Crippen LogP contribution in [0.15, 0.2) is 12.1 Å². The van der Waals surface area contributed by atoms with Crippen LogP contribution >= 0.6 is 11.3 Å². The van der Waals surface area contributed by atoms with E-state index in [0.29, 0.717) is 0 Å². The Hall–Kier alpha value is -0.910. The molecule has 1 aromatic rings. The van der Waals surface area contributed by atoms with Gasteiger partial charge in [-0.15, -0.1) is 11.3 Å². The van der Waals surface area contributed by atoms with Crippen molar-refractivity contribution in [3.63, 3.8) is 0 Å². The molecule has 1 amide bonds. The lowest BCUT2D eigenvalue weighted by molar-refractivity contribution is -0.130.